The lowest BCUT2D eigenvalue weighted by Crippen LogP contribution is -2.09. The highest BCUT2D eigenvalue weighted by molar-refractivity contribution is 7.24. The first-order chi connectivity index (χ1) is 37.3. The fourth-order valence-corrected chi connectivity index (χ4v) is 12.3. The van der Waals surface area contributed by atoms with Gasteiger partial charge in [-0.1, -0.05) is 109 Å². The van der Waals surface area contributed by atoms with Gasteiger partial charge in [0.1, 0.15) is 11.6 Å². The zero-order valence-electron chi connectivity index (χ0n) is 42.4. The minimum absolute atomic E-state index is 0.280. The molecule has 4 nitrogen and oxygen atoms in total. The van der Waals surface area contributed by atoms with Crippen LogP contribution in [0.15, 0.2) is 188 Å². The molecular weight excluding hydrogens is 965 g/mol. The van der Waals surface area contributed by atoms with Crippen molar-refractivity contribution >= 4 is 51.8 Å². The van der Waals surface area contributed by atoms with Crippen molar-refractivity contribution in [2.45, 2.75) is 77.0 Å². The second-order valence-corrected chi connectivity index (χ2v) is 22.0. The van der Waals surface area contributed by atoms with Crippen molar-refractivity contribution in [3.05, 3.63) is 259 Å². The Kier molecular flexibility index (Phi) is 15.3. The van der Waals surface area contributed by atoms with Crippen LogP contribution < -0.4 is 4.90 Å². The SMILES string of the molecule is N#C/C(=C\c1ccc(-c2ccc(-c3ccc(N(c4ccc(C#Cc5cc6ccc5CCCc5ccc(cc5)CCC6)cc4)c4ccc(C#Cc5cc6ccc5CCCc5ccc(cc5)CCC6)cc4)cc3)s2)s1)C(=O)O. The van der Waals surface area contributed by atoms with Crippen LogP contribution in [0.4, 0.5) is 17.1 Å². The van der Waals surface area contributed by atoms with E-state index in [9.17, 15) is 15.2 Å². The van der Waals surface area contributed by atoms with Gasteiger partial charge in [-0.05, 0) is 230 Å². The average Bonchev–Trinajstić information content (AvgIpc) is 4.15. The number of carboxylic acid groups (broad SMARTS) is 1. The van der Waals surface area contributed by atoms with Crippen molar-refractivity contribution in [1.82, 2.24) is 0 Å². The number of thiophene rings is 2. The highest BCUT2D eigenvalue weighted by atomic mass is 32.1. The summed E-state index contributed by atoms with van der Waals surface area (Å²) in [5.41, 5.74) is 19.0. The van der Waals surface area contributed by atoms with Crippen LogP contribution in [0.25, 0.3) is 26.3 Å². The number of hydrogen-bond acceptors (Lipinski definition) is 5. The molecule has 0 atom stereocenters. The molecule has 2 aromatic heterocycles. The van der Waals surface area contributed by atoms with E-state index in [-0.39, 0.29) is 5.57 Å². The summed E-state index contributed by atoms with van der Waals surface area (Å²) < 4.78 is 0. The molecule has 0 amide bonds. The Bertz CT molecular complexity index is 3570. The highest BCUT2D eigenvalue weighted by Crippen LogP contribution is 2.40. The molecule has 0 fully saturated rings. The van der Waals surface area contributed by atoms with E-state index in [1.165, 1.54) is 61.9 Å². The first-order valence-corrected chi connectivity index (χ1v) is 28.1. The Hall–Kier alpha value is -8.44. The van der Waals surface area contributed by atoms with Crippen LogP contribution in [-0.4, -0.2) is 11.1 Å². The molecule has 8 aliphatic carbocycles. The summed E-state index contributed by atoms with van der Waals surface area (Å²) in [7, 11) is 0. The number of aryl methyl sites for hydroxylation is 8. The topological polar surface area (TPSA) is 64.3 Å². The van der Waals surface area contributed by atoms with Crippen LogP contribution in [0.2, 0.25) is 0 Å². The molecule has 0 aliphatic heterocycles. The number of carbonyl (C=O) groups is 1. The van der Waals surface area contributed by atoms with E-state index in [1.54, 1.807) is 17.4 Å². The summed E-state index contributed by atoms with van der Waals surface area (Å²) in [5.74, 6) is 13.1. The number of nitrogens with zero attached hydrogens (tertiary/aromatic N) is 2. The third-order valence-electron chi connectivity index (χ3n) is 14.5. The van der Waals surface area contributed by atoms with E-state index >= 15 is 0 Å². The average molecular weight is 1020 g/mol. The van der Waals surface area contributed by atoms with Gasteiger partial charge in [-0.15, -0.1) is 22.7 Å². The van der Waals surface area contributed by atoms with Gasteiger partial charge >= 0.3 is 5.97 Å². The Morgan fingerprint density at radius 2 is 0.829 bits per heavy atom. The molecule has 7 aromatic carbocycles. The van der Waals surface area contributed by atoms with Crippen molar-refractivity contribution in [2.75, 3.05) is 4.90 Å². The Labute approximate surface area is 455 Å². The van der Waals surface area contributed by atoms with Crippen molar-refractivity contribution in [2.24, 2.45) is 0 Å². The van der Waals surface area contributed by atoms with Gasteiger partial charge in [-0.3, -0.25) is 0 Å². The number of benzene rings is 7. The summed E-state index contributed by atoms with van der Waals surface area (Å²) in [4.78, 5) is 17.7. The first kappa shape index (κ1) is 49.8. The molecule has 2 heterocycles. The molecule has 0 spiro atoms. The van der Waals surface area contributed by atoms with E-state index in [0.29, 0.717) is 0 Å². The van der Waals surface area contributed by atoms with Crippen molar-refractivity contribution in [1.29, 1.82) is 5.26 Å². The number of rotatable bonds is 7. The molecule has 8 bridgehead atoms. The van der Waals surface area contributed by atoms with Gasteiger partial charge < -0.3 is 10.0 Å². The van der Waals surface area contributed by atoms with E-state index in [1.807, 2.05) is 12.1 Å². The smallest absolute Gasteiger partial charge is 0.346 e. The van der Waals surface area contributed by atoms with Crippen LogP contribution in [0.3, 0.4) is 0 Å². The fourth-order valence-electron chi connectivity index (χ4n) is 10.3. The van der Waals surface area contributed by atoms with Gasteiger partial charge in [-0.25, -0.2) is 4.79 Å². The van der Waals surface area contributed by atoms with Crippen LogP contribution in [0.5, 0.6) is 0 Å². The molecule has 0 saturated carbocycles. The molecule has 17 rings (SSSR count). The van der Waals surface area contributed by atoms with E-state index < -0.39 is 5.97 Å². The lowest BCUT2D eigenvalue weighted by atomic mass is 9.94. The number of carboxylic acids is 1. The van der Waals surface area contributed by atoms with Gasteiger partial charge in [0.2, 0.25) is 0 Å². The van der Waals surface area contributed by atoms with E-state index in [2.05, 4.69) is 198 Å². The predicted octanol–water partition coefficient (Wildman–Crippen LogP) is 16.7. The van der Waals surface area contributed by atoms with Crippen molar-refractivity contribution in [3.8, 4) is 49.9 Å². The van der Waals surface area contributed by atoms with Gasteiger partial charge in [0, 0.05) is 58.8 Å². The first-order valence-electron chi connectivity index (χ1n) is 26.4. The molecule has 6 heteroatoms. The predicted molar refractivity (Wildman–Crippen MR) is 315 cm³/mol. The summed E-state index contributed by atoms with van der Waals surface area (Å²) in [5, 5.41) is 18.6. The molecule has 0 unspecified atom stereocenters. The molecular formula is C70H56N2O2S2. The third-order valence-corrected chi connectivity index (χ3v) is 16.9. The molecule has 1 N–H and O–H groups in total. The number of nitriles is 1. The molecule has 9 aromatic rings. The maximum Gasteiger partial charge on any atom is 0.346 e. The summed E-state index contributed by atoms with van der Waals surface area (Å²) in [6, 6.07) is 68.1. The zero-order valence-corrected chi connectivity index (χ0v) is 44.1. The minimum Gasteiger partial charge on any atom is -0.477 e. The molecule has 76 heavy (non-hydrogen) atoms. The molecule has 8 aliphatic rings. The molecule has 0 radical (unpaired) electrons. The van der Waals surface area contributed by atoms with Crippen LogP contribution in [-0.2, 0) is 56.2 Å². The quantitative estimate of drug-likeness (QED) is 0.0981. The Morgan fingerprint density at radius 1 is 0.434 bits per heavy atom. The normalized spacial score (nSPS) is 13.4. The zero-order chi connectivity index (χ0) is 51.6. The van der Waals surface area contributed by atoms with Gasteiger partial charge in [0.25, 0.3) is 0 Å². The van der Waals surface area contributed by atoms with Crippen LogP contribution in [0, 0.1) is 35.0 Å². The lowest BCUT2D eigenvalue weighted by Gasteiger charge is -2.25. The van der Waals surface area contributed by atoms with Gasteiger partial charge in [0.05, 0.1) is 0 Å². The molecule has 0 saturated heterocycles. The van der Waals surface area contributed by atoms with E-state index in [0.717, 1.165) is 141 Å². The Morgan fingerprint density at radius 3 is 1.29 bits per heavy atom. The highest BCUT2D eigenvalue weighted by Gasteiger charge is 2.16. The standard InChI is InChI=1S/C70H56N2O2S2/c71-48-62(70(73)74)47-66-41-42-68(75-66)69-44-43-67(76-69)59-33-39-65(40-34-59)72(63-35-25-53(26-36-63)21-31-60-45-55-9-1-5-49-13-17-51(18-14-49)7-3-11-57(60)29-23-55)64-37-27-54(28-38-64)22-32-61-46-56-10-2-6-50-15-19-52(20-16-50)8-4-12-58(61)30-24-56/h13-20,23-30,33-47H,1-12H2,(H,73,74)/b62-47+. The minimum atomic E-state index is -1.23. The number of aliphatic carboxylic acids is 1. The maximum atomic E-state index is 11.4. The Balaban J connectivity index is 0.869. The summed E-state index contributed by atoms with van der Waals surface area (Å²) in [6.07, 6.45) is 14.2. The summed E-state index contributed by atoms with van der Waals surface area (Å²) >= 11 is 3.16. The van der Waals surface area contributed by atoms with Crippen molar-refractivity contribution < 1.29 is 9.90 Å². The van der Waals surface area contributed by atoms with Crippen LogP contribution >= 0.6 is 22.7 Å². The summed E-state index contributed by atoms with van der Waals surface area (Å²) in [6.45, 7) is 0. The maximum absolute atomic E-state index is 11.4. The lowest BCUT2D eigenvalue weighted by molar-refractivity contribution is -0.132. The monoisotopic (exact) mass is 1020 g/mol. The van der Waals surface area contributed by atoms with Gasteiger partial charge in [0.15, 0.2) is 0 Å². The van der Waals surface area contributed by atoms with E-state index in [4.69, 9.17) is 0 Å². The van der Waals surface area contributed by atoms with Crippen LogP contribution in [0.1, 0.15) is 97.3 Å². The number of anilines is 3. The third kappa shape index (κ3) is 12.2. The second-order valence-electron chi connectivity index (χ2n) is 19.8. The molecule has 370 valence electrons. The second kappa shape index (κ2) is 23.4. The van der Waals surface area contributed by atoms with Gasteiger partial charge in [-0.2, -0.15) is 5.26 Å². The fraction of sp³-hybridized carbons (Fsp3) is 0.171. The number of hydrogen-bond donors (Lipinski definition) is 1. The van der Waals surface area contributed by atoms with Crippen molar-refractivity contribution in [3.63, 3.8) is 0 Å². The largest absolute Gasteiger partial charge is 0.477 e.